The number of rotatable bonds is 2. The third-order valence-corrected chi connectivity index (χ3v) is 1.96. The van der Waals surface area contributed by atoms with Crippen molar-refractivity contribution in [3.63, 3.8) is 0 Å². The van der Waals surface area contributed by atoms with Gasteiger partial charge in [-0.05, 0) is 32.4 Å². The molecular weight excluding hydrogens is 154 g/mol. The molecule has 1 aromatic rings. The topological polar surface area (TPSA) is 42.2 Å². The number of nitrogens with zero attached hydrogens (tertiary/aromatic N) is 1. The third kappa shape index (κ3) is 1.49. The van der Waals surface area contributed by atoms with E-state index in [1.54, 1.807) is 11.5 Å². The van der Waals surface area contributed by atoms with E-state index in [2.05, 4.69) is 0 Å². The number of carboxylic acids is 1. The highest BCUT2D eigenvalue weighted by atomic mass is 16.4. The van der Waals surface area contributed by atoms with E-state index in [4.69, 9.17) is 5.11 Å². The van der Waals surface area contributed by atoms with E-state index < -0.39 is 12.0 Å². The molecule has 0 aliphatic heterocycles. The number of hydrogen-bond donors (Lipinski definition) is 1. The third-order valence-electron chi connectivity index (χ3n) is 1.96. The molecule has 3 nitrogen and oxygen atoms in total. The predicted molar refractivity (Wildman–Crippen MR) is 46.3 cm³/mol. The summed E-state index contributed by atoms with van der Waals surface area (Å²) in [6, 6.07) is 1.50. The van der Waals surface area contributed by atoms with Crippen molar-refractivity contribution >= 4 is 5.97 Å². The summed E-state index contributed by atoms with van der Waals surface area (Å²) in [4.78, 5) is 10.6. The first-order valence-electron chi connectivity index (χ1n) is 3.90. The lowest BCUT2D eigenvalue weighted by atomic mass is 10.3. The molecule has 66 valence electrons. The molecule has 0 aliphatic carbocycles. The summed E-state index contributed by atoms with van der Waals surface area (Å²) in [5, 5.41) is 8.75. The Morgan fingerprint density at radius 1 is 1.58 bits per heavy atom. The first-order valence-corrected chi connectivity index (χ1v) is 3.90. The van der Waals surface area contributed by atoms with E-state index in [9.17, 15) is 4.79 Å². The molecule has 1 N–H and O–H groups in total. The molecule has 1 unspecified atom stereocenters. The van der Waals surface area contributed by atoms with Crippen molar-refractivity contribution in [2.24, 2.45) is 0 Å². The molecule has 0 fully saturated rings. The first kappa shape index (κ1) is 8.84. The molecule has 1 aromatic heterocycles. The van der Waals surface area contributed by atoms with Crippen LogP contribution in [0, 0.1) is 13.8 Å². The van der Waals surface area contributed by atoms with Crippen LogP contribution in [0.5, 0.6) is 0 Å². The molecule has 1 atom stereocenters. The van der Waals surface area contributed by atoms with Gasteiger partial charge in [-0.1, -0.05) is 0 Å². The molecule has 1 rings (SSSR count). The van der Waals surface area contributed by atoms with Crippen molar-refractivity contribution in [2.75, 3.05) is 0 Å². The first-order chi connectivity index (χ1) is 5.52. The summed E-state index contributed by atoms with van der Waals surface area (Å²) < 4.78 is 1.76. The van der Waals surface area contributed by atoms with Crippen LogP contribution in [0.2, 0.25) is 0 Å². The Kier molecular flexibility index (Phi) is 2.22. The number of hydrogen-bond acceptors (Lipinski definition) is 1. The minimum absolute atomic E-state index is 0.473. The zero-order valence-corrected chi connectivity index (χ0v) is 7.53. The Bertz CT molecular complexity index is 301. The molecule has 0 aromatic carbocycles. The Morgan fingerprint density at radius 3 is 2.50 bits per heavy atom. The quantitative estimate of drug-likeness (QED) is 0.729. The summed E-state index contributed by atoms with van der Waals surface area (Å²) in [5.74, 6) is -0.798. The summed E-state index contributed by atoms with van der Waals surface area (Å²) in [5.41, 5.74) is 2.09. The number of aliphatic carboxylic acids is 1. The second kappa shape index (κ2) is 3.01. The van der Waals surface area contributed by atoms with Crippen LogP contribution >= 0.6 is 0 Å². The van der Waals surface area contributed by atoms with Gasteiger partial charge in [0.2, 0.25) is 0 Å². The van der Waals surface area contributed by atoms with Crippen molar-refractivity contribution in [2.45, 2.75) is 26.8 Å². The van der Waals surface area contributed by atoms with Gasteiger partial charge in [0.25, 0.3) is 0 Å². The molecule has 12 heavy (non-hydrogen) atoms. The molecule has 0 saturated heterocycles. The largest absolute Gasteiger partial charge is 0.480 e. The second-order valence-corrected chi connectivity index (χ2v) is 3.08. The molecule has 0 spiro atoms. The van der Waals surface area contributed by atoms with E-state index in [1.165, 1.54) is 0 Å². The zero-order chi connectivity index (χ0) is 9.30. The molecule has 0 aliphatic rings. The Hall–Kier alpha value is -1.25. The average Bonchev–Trinajstić information content (AvgIpc) is 2.28. The minimum atomic E-state index is -0.798. The van der Waals surface area contributed by atoms with Crippen molar-refractivity contribution in [1.29, 1.82) is 0 Å². The molecular formula is C9H13NO2. The standard InChI is InChI=1S/C9H13NO2/c1-6-4-7(2)10(5-6)8(3)9(11)12/h4-5,8H,1-3H3,(H,11,12). The van der Waals surface area contributed by atoms with Gasteiger partial charge in [-0.2, -0.15) is 0 Å². The summed E-state index contributed by atoms with van der Waals surface area (Å²) >= 11 is 0. The van der Waals surface area contributed by atoms with Gasteiger partial charge in [0.1, 0.15) is 6.04 Å². The molecule has 3 heteroatoms. The smallest absolute Gasteiger partial charge is 0.326 e. The van der Waals surface area contributed by atoms with Crippen LogP contribution in [0.15, 0.2) is 12.3 Å². The van der Waals surface area contributed by atoms with Crippen LogP contribution < -0.4 is 0 Å². The zero-order valence-electron chi connectivity index (χ0n) is 7.53. The highest BCUT2D eigenvalue weighted by Gasteiger charge is 2.13. The maximum Gasteiger partial charge on any atom is 0.326 e. The van der Waals surface area contributed by atoms with Gasteiger partial charge >= 0.3 is 5.97 Å². The molecule has 0 saturated carbocycles. The highest BCUT2D eigenvalue weighted by molar-refractivity contribution is 5.71. The predicted octanol–water partition coefficient (Wildman–Crippen LogP) is 1.75. The minimum Gasteiger partial charge on any atom is -0.480 e. The Balaban J connectivity index is 3.02. The maximum absolute atomic E-state index is 10.6. The van der Waals surface area contributed by atoms with Gasteiger partial charge in [0, 0.05) is 11.9 Å². The van der Waals surface area contributed by atoms with Crippen LogP contribution in [-0.4, -0.2) is 15.6 Å². The van der Waals surface area contributed by atoms with Gasteiger partial charge in [-0.3, -0.25) is 0 Å². The summed E-state index contributed by atoms with van der Waals surface area (Å²) in [7, 11) is 0. The van der Waals surface area contributed by atoms with E-state index in [-0.39, 0.29) is 0 Å². The fraction of sp³-hybridized carbons (Fsp3) is 0.444. The lowest BCUT2D eigenvalue weighted by Crippen LogP contribution is -2.15. The van der Waals surface area contributed by atoms with Gasteiger partial charge in [0.05, 0.1) is 0 Å². The van der Waals surface area contributed by atoms with Crippen molar-refractivity contribution < 1.29 is 9.90 Å². The van der Waals surface area contributed by atoms with Crippen molar-refractivity contribution in [3.05, 3.63) is 23.5 Å². The van der Waals surface area contributed by atoms with Gasteiger partial charge in [0.15, 0.2) is 0 Å². The second-order valence-electron chi connectivity index (χ2n) is 3.08. The Morgan fingerprint density at radius 2 is 2.17 bits per heavy atom. The maximum atomic E-state index is 10.6. The van der Waals surface area contributed by atoms with Crippen molar-refractivity contribution in [3.8, 4) is 0 Å². The lowest BCUT2D eigenvalue weighted by molar-refractivity contribution is -0.140. The fourth-order valence-electron chi connectivity index (χ4n) is 1.30. The lowest BCUT2D eigenvalue weighted by Gasteiger charge is -2.10. The van der Waals surface area contributed by atoms with E-state index in [1.807, 2.05) is 26.1 Å². The van der Waals surface area contributed by atoms with Crippen LogP contribution in [0.25, 0.3) is 0 Å². The summed E-state index contributed by atoms with van der Waals surface area (Å²) in [6.07, 6.45) is 1.86. The van der Waals surface area contributed by atoms with Crippen LogP contribution in [0.1, 0.15) is 24.2 Å². The normalized spacial score (nSPS) is 12.9. The number of carbonyl (C=O) groups is 1. The average molecular weight is 167 g/mol. The van der Waals surface area contributed by atoms with Crippen LogP contribution in [0.4, 0.5) is 0 Å². The molecule has 1 heterocycles. The highest BCUT2D eigenvalue weighted by Crippen LogP contribution is 2.13. The van der Waals surface area contributed by atoms with Crippen LogP contribution in [-0.2, 0) is 4.79 Å². The van der Waals surface area contributed by atoms with Crippen molar-refractivity contribution in [1.82, 2.24) is 4.57 Å². The monoisotopic (exact) mass is 167 g/mol. The van der Waals surface area contributed by atoms with Gasteiger partial charge in [-0.15, -0.1) is 0 Å². The van der Waals surface area contributed by atoms with Gasteiger partial charge in [-0.25, -0.2) is 4.79 Å². The molecule has 0 amide bonds. The number of carboxylic acid groups (broad SMARTS) is 1. The SMILES string of the molecule is Cc1cc(C)n(C(C)C(=O)O)c1. The number of aromatic nitrogens is 1. The van der Waals surface area contributed by atoms with Crippen LogP contribution in [0.3, 0.4) is 0 Å². The van der Waals surface area contributed by atoms with Gasteiger partial charge < -0.3 is 9.67 Å². The summed E-state index contributed by atoms with van der Waals surface area (Å²) in [6.45, 7) is 5.54. The molecule has 0 bridgehead atoms. The molecule has 0 radical (unpaired) electrons. The van der Waals surface area contributed by atoms with E-state index in [0.29, 0.717) is 0 Å². The van der Waals surface area contributed by atoms with E-state index >= 15 is 0 Å². The number of aryl methyl sites for hydroxylation is 2. The van der Waals surface area contributed by atoms with E-state index in [0.717, 1.165) is 11.3 Å². The fourth-order valence-corrected chi connectivity index (χ4v) is 1.30. The Labute approximate surface area is 71.6 Å².